The highest BCUT2D eigenvalue weighted by molar-refractivity contribution is 7.89. The zero-order chi connectivity index (χ0) is 15.9. The van der Waals surface area contributed by atoms with Crippen LogP contribution in [0.2, 0.25) is 0 Å². The summed E-state index contributed by atoms with van der Waals surface area (Å²) in [7, 11) is -2.18. The van der Waals surface area contributed by atoms with Gasteiger partial charge in [0.1, 0.15) is 5.75 Å². The van der Waals surface area contributed by atoms with Crippen LogP contribution >= 0.6 is 0 Å². The minimum Gasteiger partial charge on any atom is -0.495 e. The molecule has 116 valence electrons. The van der Waals surface area contributed by atoms with Gasteiger partial charge in [0.05, 0.1) is 30.7 Å². The molecule has 1 aromatic rings. The number of hydrogen-bond acceptors (Lipinski definition) is 5. The Bertz CT molecular complexity index is 632. The van der Waals surface area contributed by atoms with Gasteiger partial charge in [0.15, 0.2) is 0 Å². The van der Waals surface area contributed by atoms with E-state index in [1.54, 1.807) is 13.0 Å². The van der Waals surface area contributed by atoms with Gasteiger partial charge in [0, 0.05) is 13.1 Å². The fourth-order valence-electron chi connectivity index (χ4n) is 1.80. The zero-order valence-electron chi connectivity index (χ0n) is 12.2. The summed E-state index contributed by atoms with van der Waals surface area (Å²) in [6.45, 7) is 1.98. The Morgan fingerprint density at radius 3 is 2.67 bits per heavy atom. The molecule has 21 heavy (non-hydrogen) atoms. The normalized spacial score (nSPS) is 11.1. The molecule has 0 aromatic heterocycles. The number of nitrogens with two attached hydrogens (primary N) is 1. The first kappa shape index (κ1) is 17.5. The molecule has 0 spiro atoms. The summed E-state index contributed by atoms with van der Waals surface area (Å²) >= 11 is 0. The van der Waals surface area contributed by atoms with Crippen LogP contribution < -0.4 is 10.5 Å². The van der Waals surface area contributed by atoms with Crippen LogP contribution in [0.15, 0.2) is 23.1 Å². The van der Waals surface area contributed by atoms with E-state index in [0.717, 1.165) is 0 Å². The number of ether oxygens (including phenoxy) is 1. The average Bonchev–Trinajstić information content (AvgIpc) is 2.49. The lowest BCUT2D eigenvalue weighted by molar-refractivity contribution is 0.257. The van der Waals surface area contributed by atoms with Crippen molar-refractivity contribution in [3.05, 3.63) is 23.8 Å². The van der Waals surface area contributed by atoms with Crippen LogP contribution in [0, 0.1) is 11.8 Å². The van der Waals surface area contributed by atoms with E-state index in [-0.39, 0.29) is 31.1 Å². The standard InChI is InChI=1S/C14H20N2O4S/c1-3-16(9-10-17)21(18,19)13-6-7-14(20-2)12(11-13)5-4-8-15/h6-7,11,17H,3,8-10,15H2,1-2H3. The number of nitrogens with zero attached hydrogens (tertiary/aromatic N) is 1. The van der Waals surface area contributed by atoms with E-state index >= 15 is 0 Å². The van der Waals surface area contributed by atoms with Gasteiger partial charge in [-0.25, -0.2) is 8.42 Å². The molecular formula is C14H20N2O4S. The largest absolute Gasteiger partial charge is 0.495 e. The Kier molecular flexibility index (Phi) is 6.65. The fourth-order valence-corrected chi connectivity index (χ4v) is 3.27. The summed E-state index contributed by atoms with van der Waals surface area (Å²) in [6.07, 6.45) is 0. The van der Waals surface area contributed by atoms with E-state index in [2.05, 4.69) is 11.8 Å². The third kappa shape index (κ3) is 4.19. The van der Waals surface area contributed by atoms with Crippen molar-refractivity contribution in [2.24, 2.45) is 5.73 Å². The van der Waals surface area contributed by atoms with E-state index < -0.39 is 10.0 Å². The second kappa shape index (κ2) is 8.00. The lowest BCUT2D eigenvalue weighted by Gasteiger charge is -2.19. The highest BCUT2D eigenvalue weighted by Crippen LogP contribution is 2.23. The Morgan fingerprint density at radius 1 is 1.43 bits per heavy atom. The van der Waals surface area contributed by atoms with Gasteiger partial charge in [0.25, 0.3) is 0 Å². The van der Waals surface area contributed by atoms with Gasteiger partial charge >= 0.3 is 0 Å². The smallest absolute Gasteiger partial charge is 0.243 e. The third-order valence-corrected chi connectivity index (χ3v) is 4.81. The van der Waals surface area contributed by atoms with Gasteiger partial charge in [-0.15, -0.1) is 0 Å². The highest BCUT2D eigenvalue weighted by Gasteiger charge is 2.23. The van der Waals surface area contributed by atoms with Crippen LogP contribution in [0.4, 0.5) is 0 Å². The molecule has 0 atom stereocenters. The van der Waals surface area contributed by atoms with Crippen molar-refractivity contribution in [2.75, 3.05) is 33.4 Å². The van der Waals surface area contributed by atoms with Gasteiger partial charge in [-0.2, -0.15) is 4.31 Å². The van der Waals surface area contributed by atoms with Crippen LogP contribution in [-0.4, -0.2) is 51.2 Å². The summed E-state index contributed by atoms with van der Waals surface area (Å²) in [4.78, 5) is 0.111. The number of benzene rings is 1. The molecule has 0 unspecified atom stereocenters. The molecule has 0 radical (unpaired) electrons. The van der Waals surface area contributed by atoms with E-state index in [9.17, 15) is 8.42 Å². The van der Waals surface area contributed by atoms with Crippen LogP contribution in [0.1, 0.15) is 12.5 Å². The van der Waals surface area contributed by atoms with Crippen LogP contribution in [0.25, 0.3) is 0 Å². The number of aliphatic hydroxyl groups excluding tert-OH is 1. The van der Waals surface area contributed by atoms with E-state index in [1.807, 2.05) is 0 Å². The minimum atomic E-state index is -3.67. The van der Waals surface area contributed by atoms with Crippen molar-refractivity contribution < 1.29 is 18.3 Å². The highest BCUT2D eigenvalue weighted by atomic mass is 32.2. The molecule has 0 aliphatic rings. The van der Waals surface area contributed by atoms with Crippen LogP contribution in [0.5, 0.6) is 5.75 Å². The van der Waals surface area contributed by atoms with Gasteiger partial charge < -0.3 is 15.6 Å². The molecule has 0 aliphatic carbocycles. The predicted octanol–water partition coefficient (Wildman–Crippen LogP) is 0.00830. The molecule has 0 heterocycles. The SMILES string of the molecule is CCN(CCO)S(=O)(=O)c1ccc(OC)c(C#CCN)c1. The summed E-state index contributed by atoms with van der Waals surface area (Å²) in [6, 6.07) is 4.47. The lowest BCUT2D eigenvalue weighted by atomic mass is 10.2. The van der Waals surface area contributed by atoms with E-state index in [1.165, 1.54) is 23.5 Å². The number of rotatable bonds is 6. The van der Waals surface area contributed by atoms with E-state index in [4.69, 9.17) is 15.6 Å². The van der Waals surface area contributed by atoms with Crippen LogP contribution in [0.3, 0.4) is 0 Å². The number of likely N-dealkylation sites (N-methyl/N-ethyl adjacent to an activating group) is 1. The summed E-state index contributed by atoms with van der Waals surface area (Å²) in [5.74, 6) is 5.95. The summed E-state index contributed by atoms with van der Waals surface area (Å²) in [5.41, 5.74) is 5.79. The summed E-state index contributed by atoms with van der Waals surface area (Å²) < 4.78 is 31.3. The molecular weight excluding hydrogens is 292 g/mol. The maximum Gasteiger partial charge on any atom is 0.243 e. The molecule has 6 nitrogen and oxygen atoms in total. The van der Waals surface area contributed by atoms with Gasteiger partial charge in [-0.3, -0.25) is 0 Å². The topological polar surface area (TPSA) is 92.9 Å². The predicted molar refractivity (Wildman–Crippen MR) is 80.4 cm³/mol. The number of methoxy groups -OCH3 is 1. The molecule has 3 N–H and O–H groups in total. The first-order chi connectivity index (χ1) is 10.0. The summed E-state index contributed by atoms with van der Waals surface area (Å²) in [5, 5.41) is 8.97. The third-order valence-electron chi connectivity index (χ3n) is 2.84. The van der Waals surface area contributed by atoms with Crippen molar-refractivity contribution in [2.45, 2.75) is 11.8 Å². The van der Waals surface area contributed by atoms with Crippen molar-refractivity contribution in [1.29, 1.82) is 0 Å². The Hall–Kier alpha value is -1.59. The molecule has 1 rings (SSSR count). The molecule has 0 fully saturated rings. The number of hydrogen-bond donors (Lipinski definition) is 2. The van der Waals surface area contributed by atoms with Crippen molar-refractivity contribution in [3.63, 3.8) is 0 Å². The van der Waals surface area contributed by atoms with Crippen LogP contribution in [-0.2, 0) is 10.0 Å². The minimum absolute atomic E-state index is 0.0503. The Balaban J connectivity index is 3.30. The first-order valence-electron chi connectivity index (χ1n) is 6.49. The second-order valence-corrected chi connectivity index (χ2v) is 6.03. The molecule has 7 heteroatoms. The maximum atomic E-state index is 12.5. The molecule has 0 bridgehead atoms. The first-order valence-corrected chi connectivity index (χ1v) is 7.93. The Labute approximate surface area is 125 Å². The lowest BCUT2D eigenvalue weighted by Crippen LogP contribution is -2.33. The molecule has 0 saturated carbocycles. The Morgan fingerprint density at radius 2 is 2.14 bits per heavy atom. The fraction of sp³-hybridized carbons (Fsp3) is 0.429. The second-order valence-electron chi connectivity index (χ2n) is 4.09. The molecule has 1 aromatic carbocycles. The molecule has 0 aliphatic heterocycles. The quantitative estimate of drug-likeness (QED) is 0.722. The monoisotopic (exact) mass is 312 g/mol. The van der Waals surface area contributed by atoms with Gasteiger partial charge in [-0.05, 0) is 18.2 Å². The average molecular weight is 312 g/mol. The van der Waals surface area contributed by atoms with E-state index in [0.29, 0.717) is 11.3 Å². The van der Waals surface area contributed by atoms with Gasteiger partial charge in [-0.1, -0.05) is 18.8 Å². The van der Waals surface area contributed by atoms with Gasteiger partial charge in [0.2, 0.25) is 10.0 Å². The molecule has 0 amide bonds. The zero-order valence-corrected chi connectivity index (χ0v) is 13.0. The molecule has 0 saturated heterocycles. The maximum absolute atomic E-state index is 12.5. The number of aliphatic hydroxyl groups is 1. The van der Waals surface area contributed by atoms with Crippen molar-refractivity contribution >= 4 is 10.0 Å². The van der Waals surface area contributed by atoms with Crippen molar-refractivity contribution in [1.82, 2.24) is 4.31 Å². The number of sulfonamides is 1. The van der Waals surface area contributed by atoms with Crippen molar-refractivity contribution in [3.8, 4) is 17.6 Å².